The van der Waals surface area contributed by atoms with Gasteiger partial charge < -0.3 is 15.1 Å². The third-order valence-electron chi connectivity index (χ3n) is 2.83. The zero-order valence-electron chi connectivity index (χ0n) is 12.7. The molecule has 1 rings (SSSR count). The molecule has 0 radical (unpaired) electrons. The molecule has 0 spiro atoms. The van der Waals surface area contributed by atoms with Gasteiger partial charge in [-0.25, -0.2) is 8.96 Å². The van der Waals surface area contributed by atoms with E-state index in [0.29, 0.717) is 5.56 Å². The second-order valence-electron chi connectivity index (χ2n) is 6.04. The van der Waals surface area contributed by atoms with Crippen LogP contribution in [0.5, 0.6) is 0 Å². The van der Waals surface area contributed by atoms with E-state index in [1.165, 1.54) is 18.2 Å². The third-order valence-corrected chi connectivity index (χ3v) is 3.32. The lowest BCUT2D eigenvalue weighted by Gasteiger charge is -2.24. The van der Waals surface area contributed by atoms with Gasteiger partial charge in [0.15, 0.2) is 0 Å². The van der Waals surface area contributed by atoms with E-state index < -0.39 is 25.1 Å². The predicted molar refractivity (Wildman–Crippen MR) is 79.5 cm³/mol. The molecule has 8 heteroatoms. The van der Waals surface area contributed by atoms with Gasteiger partial charge >= 0.3 is 7.82 Å². The lowest BCUT2D eigenvalue weighted by atomic mass is 9.94. The van der Waals surface area contributed by atoms with Crippen LogP contribution in [0.15, 0.2) is 24.3 Å². The van der Waals surface area contributed by atoms with Crippen LogP contribution in [0.25, 0.3) is 0 Å². The molecule has 0 saturated carbocycles. The van der Waals surface area contributed by atoms with Gasteiger partial charge in [0.25, 0.3) is 0 Å². The van der Waals surface area contributed by atoms with E-state index in [-0.39, 0.29) is 18.9 Å². The van der Waals surface area contributed by atoms with Crippen molar-refractivity contribution < 1.29 is 28.1 Å². The van der Waals surface area contributed by atoms with Crippen LogP contribution in [0.4, 0.5) is 4.39 Å². The lowest BCUT2D eigenvalue weighted by molar-refractivity contribution is -0.129. The molecule has 6 nitrogen and oxygen atoms in total. The Balaban J connectivity index is 2.81. The fourth-order valence-corrected chi connectivity index (χ4v) is 2.06. The number of benzene rings is 1. The summed E-state index contributed by atoms with van der Waals surface area (Å²) in [7, 11) is -4.64. The molecule has 0 aromatic heterocycles. The summed E-state index contributed by atoms with van der Waals surface area (Å²) in [5.41, 5.74) is -0.0731. The molecular weight excluding hydrogens is 312 g/mol. The average molecular weight is 333 g/mol. The topological polar surface area (TPSA) is 95.9 Å². The standard InChI is InChI=1S/C14H21FNO5P/c1-14(2,3)13(17)16-12(9-21-22(18,19)20)8-10-5-4-6-11(15)7-10/h4-7,12H,8-9H2,1-3H3,(H,16,17)(H2,18,19,20)/t12-/m0/s1. The summed E-state index contributed by atoms with van der Waals surface area (Å²) in [6.45, 7) is 4.77. The van der Waals surface area contributed by atoms with Crippen molar-refractivity contribution in [2.75, 3.05) is 6.61 Å². The number of phosphoric acid groups is 1. The van der Waals surface area contributed by atoms with Crippen molar-refractivity contribution in [3.63, 3.8) is 0 Å². The van der Waals surface area contributed by atoms with Crippen LogP contribution in [0, 0.1) is 11.2 Å². The molecule has 1 atom stereocenters. The van der Waals surface area contributed by atoms with Crippen LogP contribution in [0.3, 0.4) is 0 Å². The molecule has 3 N–H and O–H groups in total. The highest BCUT2D eigenvalue weighted by Gasteiger charge is 2.26. The number of carbonyl (C=O) groups excluding carboxylic acids is 1. The molecule has 124 valence electrons. The van der Waals surface area contributed by atoms with E-state index in [2.05, 4.69) is 9.84 Å². The van der Waals surface area contributed by atoms with E-state index in [1.807, 2.05) is 0 Å². The third kappa shape index (κ3) is 7.13. The maximum absolute atomic E-state index is 13.2. The first kappa shape index (κ1) is 18.8. The molecular formula is C14H21FNO5P. The molecule has 0 aliphatic heterocycles. The Kier molecular flexibility index (Phi) is 6.26. The van der Waals surface area contributed by atoms with E-state index in [4.69, 9.17) is 9.79 Å². The highest BCUT2D eigenvalue weighted by atomic mass is 31.2. The maximum atomic E-state index is 13.2. The molecule has 0 bridgehead atoms. The number of hydrogen-bond acceptors (Lipinski definition) is 3. The monoisotopic (exact) mass is 333 g/mol. The fraction of sp³-hybridized carbons (Fsp3) is 0.500. The van der Waals surface area contributed by atoms with Gasteiger partial charge in [0.05, 0.1) is 12.6 Å². The van der Waals surface area contributed by atoms with Crippen molar-refractivity contribution in [3.05, 3.63) is 35.6 Å². The largest absolute Gasteiger partial charge is 0.469 e. The summed E-state index contributed by atoms with van der Waals surface area (Å²) < 4.78 is 28.5. The highest BCUT2D eigenvalue weighted by Crippen LogP contribution is 2.35. The van der Waals surface area contributed by atoms with Gasteiger partial charge in [0.1, 0.15) is 5.82 Å². The number of nitrogens with one attached hydrogen (secondary N) is 1. The molecule has 0 unspecified atom stereocenters. The zero-order chi connectivity index (χ0) is 17.0. The van der Waals surface area contributed by atoms with E-state index in [1.54, 1.807) is 26.8 Å². The Hall–Kier alpha value is -1.27. The van der Waals surface area contributed by atoms with E-state index in [9.17, 15) is 13.8 Å². The fourth-order valence-electron chi connectivity index (χ4n) is 1.69. The number of phosphoric ester groups is 1. The molecule has 1 aromatic rings. The van der Waals surface area contributed by atoms with Crippen molar-refractivity contribution in [3.8, 4) is 0 Å². The van der Waals surface area contributed by atoms with Crippen molar-refractivity contribution in [2.24, 2.45) is 5.41 Å². The quantitative estimate of drug-likeness (QED) is 0.692. The number of amides is 1. The average Bonchev–Trinajstić information content (AvgIpc) is 2.34. The van der Waals surface area contributed by atoms with Crippen molar-refractivity contribution in [1.29, 1.82) is 0 Å². The number of halogens is 1. The summed E-state index contributed by atoms with van der Waals surface area (Å²) in [5.74, 6) is -0.711. The van der Waals surface area contributed by atoms with Crippen LogP contribution in [0.2, 0.25) is 0 Å². The number of hydrogen-bond donors (Lipinski definition) is 3. The maximum Gasteiger partial charge on any atom is 0.469 e. The van der Waals surface area contributed by atoms with Crippen LogP contribution in [0.1, 0.15) is 26.3 Å². The molecule has 0 aliphatic carbocycles. The Morgan fingerprint density at radius 3 is 2.55 bits per heavy atom. The van der Waals surface area contributed by atoms with Gasteiger partial charge in [-0.3, -0.25) is 9.32 Å². The summed E-state index contributed by atoms with van der Waals surface area (Å²) in [6, 6.07) is 5.10. The molecule has 0 saturated heterocycles. The Morgan fingerprint density at radius 1 is 1.41 bits per heavy atom. The van der Waals surface area contributed by atoms with Crippen LogP contribution >= 0.6 is 7.82 Å². The lowest BCUT2D eigenvalue weighted by Crippen LogP contribution is -2.44. The first-order chi connectivity index (χ1) is 9.97. The molecule has 0 fully saturated rings. The summed E-state index contributed by atoms with van der Waals surface area (Å²) in [5, 5.41) is 2.67. The molecule has 0 heterocycles. The zero-order valence-corrected chi connectivity index (χ0v) is 13.6. The molecule has 1 aromatic carbocycles. The first-order valence-corrected chi connectivity index (χ1v) is 8.26. The predicted octanol–water partition coefficient (Wildman–Crippen LogP) is 2.01. The Morgan fingerprint density at radius 2 is 2.05 bits per heavy atom. The van der Waals surface area contributed by atoms with Crippen molar-refractivity contribution >= 4 is 13.7 Å². The van der Waals surface area contributed by atoms with Crippen LogP contribution < -0.4 is 5.32 Å². The minimum Gasteiger partial charge on any atom is -0.350 e. The summed E-state index contributed by atoms with van der Waals surface area (Å²) in [6.07, 6.45) is 0.194. The summed E-state index contributed by atoms with van der Waals surface area (Å²) in [4.78, 5) is 29.6. The minimum absolute atomic E-state index is 0.194. The second-order valence-corrected chi connectivity index (χ2v) is 7.28. The van der Waals surface area contributed by atoms with Gasteiger partial charge in [-0.15, -0.1) is 0 Å². The van der Waals surface area contributed by atoms with Crippen LogP contribution in [-0.4, -0.2) is 28.3 Å². The Bertz CT molecular complexity index is 567. The first-order valence-electron chi connectivity index (χ1n) is 6.73. The normalized spacial score (nSPS) is 13.7. The van der Waals surface area contributed by atoms with Crippen LogP contribution in [-0.2, 0) is 20.3 Å². The smallest absolute Gasteiger partial charge is 0.350 e. The second kappa shape index (κ2) is 7.33. The van der Waals surface area contributed by atoms with Crippen molar-refractivity contribution in [1.82, 2.24) is 5.32 Å². The minimum atomic E-state index is -4.64. The van der Waals surface area contributed by atoms with Gasteiger partial charge in [-0.2, -0.15) is 0 Å². The number of carbonyl (C=O) groups is 1. The highest BCUT2D eigenvalue weighted by molar-refractivity contribution is 7.46. The molecule has 0 aliphatic rings. The summed E-state index contributed by atoms with van der Waals surface area (Å²) >= 11 is 0. The van der Waals surface area contributed by atoms with E-state index >= 15 is 0 Å². The van der Waals surface area contributed by atoms with Gasteiger partial charge in [0, 0.05) is 5.41 Å². The van der Waals surface area contributed by atoms with Gasteiger partial charge in [0.2, 0.25) is 5.91 Å². The Labute approximate surface area is 128 Å². The van der Waals surface area contributed by atoms with Crippen molar-refractivity contribution in [2.45, 2.75) is 33.2 Å². The SMILES string of the molecule is CC(C)(C)C(=O)N[C@H](COP(=O)(O)O)Cc1cccc(F)c1. The number of rotatable bonds is 6. The van der Waals surface area contributed by atoms with Gasteiger partial charge in [-0.05, 0) is 24.1 Å². The molecule has 1 amide bonds. The van der Waals surface area contributed by atoms with E-state index in [0.717, 1.165) is 0 Å². The van der Waals surface area contributed by atoms with Gasteiger partial charge in [-0.1, -0.05) is 32.9 Å². The molecule has 22 heavy (non-hydrogen) atoms.